The van der Waals surface area contributed by atoms with E-state index >= 15 is 0 Å². The summed E-state index contributed by atoms with van der Waals surface area (Å²) in [6.07, 6.45) is 2.32. The standard InChI is InChI=1S/C32H38N6O2/c1-22(39)38-15-12-27(13-16-38)34-30-18-26(23-7-3-2-4-8-23)17-29-31(30)35-36-32(29)33-19-28(40)21-37-14-11-24-9-5-6-10-25(24)20-37/h2-10,17-18,27-28,34,40H,11-16,19-21H2,1H3,(H2,33,35,36)/t28-/m0/s1. The highest BCUT2D eigenvalue weighted by atomic mass is 16.3. The van der Waals surface area contributed by atoms with Gasteiger partial charge in [0.15, 0.2) is 5.82 Å². The molecule has 0 radical (unpaired) electrons. The van der Waals surface area contributed by atoms with Gasteiger partial charge in [-0.15, -0.1) is 0 Å². The van der Waals surface area contributed by atoms with Gasteiger partial charge in [0.2, 0.25) is 5.91 Å². The lowest BCUT2D eigenvalue weighted by Gasteiger charge is -2.32. The van der Waals surface area contributed by atoms with Crippen LogP contribution in [0.4, 0.5) is 11.5 Å². The molecule has 0 aliphatic carbocycles. The summed E-state index contributed by atoms with van der Waals surface area (Å²) in [6.45, 7) is 6.04. The third kappa shape index (κ3) is 5.83. The number of benzene rings is 3. The first-order valence-electron chi connectivity index (χ1n) is 14.3. The van der Waals surface area contributed by atoms with Crippen LogP contribution in [0.1, 0.15) is 30.9 Å². The zero-order chi connectivity index (χ0) is 27.5. The maximum Gasteiger partial charge on any atom is 0.219 e. The van der Waals surface area contributed by atoms with E-state index in [4.69, 9.17) is 0 Å². The van der Waals surface area contributed by atoms with Gasteiger partial charge in [-0.25, -0.2) is 0 Å². The molecular formula is C32H38N6O2. The van der Waals surface area contributed by atoms with Gasteiger partial charge in [0, 0.05) is 57.6 Å². The number of rotatable bonds is 8. The van der Waals surface area contributed by atoms with Crippen molar-refractivity contribution in [3.05, 3.63) is 77.9 Å². The predicted molar refractivity (Wildman–Crippen MR) is 160 cm³/mol. The largest absolute Gasteiger partial charge is 0.390 e. The first kappa shape index (κ1) is 26.3. The number of aliphatic hydroxyl groups excluding tert-OH is 1. The number of aromatic amines is 1. The zero-order valence-electron chi connectivity index (χ0n) is 23.1. The fourth-order valence-electron chi connectivity index (χ4n) is 6.01. The van der Waals surface area contributed by atoms with E-state index in [-0.39, 0.29) is 11.9 Å². The molecule has 8 nitrogen and oxygen atoms in total. The van der Waals surface area contributed by atoms with Crippen molar-refractivity contribution in [1.82, 2.24) is 20.0 Å². The number of amides is 1. The van der Waals surface area contributed by atoms with Crippen molar-refractivity contribution in [2.24, 2.45) is 0 Å². The number of anilines is 2. The Balaban J connectivity index is 1.18. The molecule has 8 heteroatoms. The number of piperidine rings is 1. The summed E-state index contributed by atoms with van der Waals surface area (Å²) < 4.78 is 0. The minimum atomic E-state index is -0.515. The summed E-state index contributed by atoms with van der Waals surface area (Å²) in [5, 5.41) is 26.9. The number of carbonyl (C=O) groups excluding carboxylic acids is 1. The van der Waals surface area contributed by atoms with Gasteiger partial charge in [-0.2, -0.15) is 5.10 Å². The number of nitrogens with one attached hydrogen (secondary N) is 3. The molecule has 2 aliphatic rings. The van der Waals surface area contributed by atoms with Crippen LogP contribution in [0.2, 0.25) is 0 Å². The Bertz CT molecular complexity index is 1460. The topological polar surface area (TPSA) is 96.5 Å². The van der Waals surface area contributed by atoms with Crippen LogP contribution in [0.5, 0.6) is 0 Å². The van der Waals surface area contributed by atoms with E-state index in [1.54, 1.807) is 6.92 Å². The van der Waals surface area contributed by atoms with Crippen molar-refractivity contribution < 1.29 is 9.90 Å². The quantitative estimate of drug-likeness (QED) is 0.264. The summed E-state index contributed by atoms with van der Waals surface area (Å²) in [7, 11) is 0. The molecule has 1 saturated heterocycles. The first-order valence-corrected chi connectivity index (χ1v) is 14.3. The van der Waals surface area contributed by atoms with E-state index in [0.717, 1.165) is 79.0 Å². The van der Waals surface area contributed by atoms with Crippen LogP contribution in [-0.4, -0.2) is 75.9 Å². The number of aromatic nitrogens is 2. The Morgan fingerprint density at radius 1 is 1.02 bits per heavy atom. The molecule has 40 heavy (non-hydrogen) atoms. The highest BCUT2D eigenvalue weighted by molar-refractivity contribution is 6.01. The zero-order valence-corrected chi connectivity index (χ0v) is 23.1. The van der Waals surface area contributed by atoms with Crippen molar-refractivity contribution in [3.8, 4) is 11.1 Å². The smallest absolute Gasteiger partial charge is 0.219 e. The molecule has 0 unspecified atom stereocenters. The Hall–Kier alpha value is -3.88. The molecule has 4 N–H and O–H groups in total. The van der Waals surface area contributed by atoms with E-state index in [1.807, 2.05) is 23.1 Å². The summed E-state index contributed by atoms with van der Waals surface area (Å²) in [6, 6.07) is 23.6. The van der Waals surface area contributed by atoms with E-state index in [0.29, 0.717) is 13.1 Å². The van der Waals surface area contributed by atoms with Crippen LogP contribution in [0.25, 0.3) is 22.0 Å². The van der Waals surface area contributed by atoms with Gasteiger partial charge in [0.1, 0.15) is 0 Å². The second kappa shape index (κ2) is 11.7. The first-order chi connectivity index (χ1) is 19.5. The van der Waals surface area contributed by atoms with Crippen LogP contribution < -0.4 is 10.6 Å². The number of carbonyl (C=O) groups is 1. The molecular weight excluding hydrogens is 500 g/mol. The number of hydrogen-bond donors (Lipinski definition) is 4. The molecule has 1 atom stereocenters. The highest BCUT2D eigenvalue weighted by Crippen LogP contribution is 2.34. The van der Waals surface area contributed by atoms with Gasteiger partial charge in [0.05, 0.1) is 17.3 Å². The molecule has 1 amide bonds. The second-order valence-corrected chi connectivity index (χ2v) is 11.1. The molecule has 6 rings (SSSR count). The summed E-state index contributed by atoms with van der Waals surface area (Å²) >= 11 is 0. The van der Waals surface area contributed by atoms with Gasteiger partial charge in [-0.3, -0.25) is 14.8 Å². The van der Waals surface area contributed by atoms with Crippen LogP contribution in [0, 0.1) is 0 Å². The third-order valence-corrected chi connectivity index (χ3v) is 8.26. The molecule has 0 saturated carbocycles. The summed E-state index contributed by atoms with van der Waals surface area (Å²) in [4.78, 5) is 16.0. The molecule has 0 spiro atoms. The molecule has 1 aromatic heterocycles. The lowest BCUT2D eigenvalue weighted by Crippen LogP contribution is -2.41. The normalized spacial score (nSPS) is 17.0. The van der Waals surface area contributed by atoms with E-state index in [1.165, 1.54) is 11.1 Å². The number of β-amino-alcohol motifs (C(OH)–C–C–N with tert-alkyl or cyclic N) is 1. The number of hydrogen-bond acceptors (Lipinski definition) is 6. The van der Waals surface area contributed by atoms with Crippen molar-refractivity contribution in [1.29, 1.82) is 0 Å². The number of nitrogens with zero attached hydrogens (tertiary/aromatic N) is 3. The van der Waals surface area contributed by atoms with Crippen LogP contribution >= 0.6 is 0 Å². The van der Waals surface area contributed by atoms with Crippen molar-refractivity contribution >= 4 is 28.3 Å². The molecule has 2 aliphatic heterocycles. The number of aliphatic hydroxyl groups is 1. The van der Waals surface area contributed by atoms with E-state index in [2.05, 4.69) is 74.3 Å². The van der Waals surface area contributed by atoms with Gasteiger partial charge in [-0.1, -0.05) is 54.6 Å². The number of likely N-dealkylation sites (tertiary alicyclic amines) is 1. The molecule has 3 aromatic carbocycles. The Morgan fingerprint density at radius 2 is 1.77 bits per heavy atom. The molecule has 4 aromatic rings. The maximum absolute atomic E-state index is 11.8. The predicted octanol–water partition coefficient (Wildman–Crippen LogP) is 4.48. The Morgan fingerprint density at radius 3 is 2.55 bits per heavy atom. The number of H-pyrrole nitrogens is 1. The lowest BCUT2D eigenvalue weighted by atomic mass is 10.00. The third-order valence-electron chi connectivity index (χ3n) is 8.26. The monoisotopic (exact) mass is 538 g/mol. The van der Waals surface area contributed by atoms with Gasteiger partial charge >= 0.3 is 0 Å². The Kier molecular flexibility index (Phi) is 7.71. The summed E-state index contributed by atoms with van der Waals surface area (Å²) in [5.74, 6) is 0.883. The van der Waals surface area contributed by atoms with Crippen LogP contribution in [-0.2, 0) is 17.8 Å². The summed E-state index contributed by atoms with van der Waals surface area (Å²) in [5.41, 5.74) is 6.96. The van der Waals surface area contributed by atoms with Gasteiger partial charge in [-0.05, 0) is 53.6 Å². The van der Waals surface area contributed by atoms with Gasteiger partial charge < -0.3 is 20.6 Å². The van der Waals surface area contributed by atoms with Crippen LogP contribution in [0.3, 0.4) is 0 Å². The van der Waals surface area contributed by atoms with Crippen molar-refractivity contribution in [2.45, 2.75) is 44.9 Å². The van der Waals surface area contributed by atoms with E-state index in [9.17, 15) is 9.90 Å². The second-order valence-electron chi connectivity index (χ2n) is 11.1. The molecule has 3 heterocycles. The fraction of sp³-hybridized carbons (Fsp3) is 0.375. The molecule has 208 valence electrons. The van der Waals surface area contributed by atoms with Crippen molar-refractivity contribution in [3.63, 3.8) is 0 Å². The van der Waals surface area contributed by atoms with Crippen LogP contribution in [0.15, 0.2) is 66.7 Å². The lowest BCUT2D eigenvalue weighted by molar-refractivity contribution is -0.129. The average Bonchev–Trinajstić information content (AvgIpc) is 3.40. The van der Waals surface area contributed by atoms with E-state index < -0.39 is 6.10 Å². The van der Waals surface area contributed by atoms with Gasteiger partial charge in [0.25, 0.3) is 0 Å². The number of fused-ring (bicyclic) bond motifs is 2. The minimum Gasteiger partial charge on any atom is -0.390 e. The molecule has 1 fully saturated rings. The average molecular weight is 539 g/mol. The fourth-order valence-corrected chi connectivity index (χ4v) is 6.01. The highest BCUT2D eigenvalue weighted by Gasteiger charge is 2.23. The maximum atomic E-state index is 11.8. The molecule has 0 bridgehead atoms. The Labute approximate surface area is 235 Å². The SMILES string of the molecule is CC(=O)N1CCC(Nc2cc(-c3ccccc3)cc3c(NC[C@H](O)CN4CCc5ccccc5C4)n[nH]c23)CC1. The minimum absolute atomic E-state index is 0.142. The van der Waals surface area contributed by atoms with Crippen molar-refractivity contribution in [2.75, 3.05) is 43.4 Å².